The molecule has 0 spiro atoms. The van der Waals surface area contributed by atoms with Gasteiger partial charge < -0.3 is 10.1 Å². The number of rotatable bonds is 3. The van der Waals surface area contributed by atoms with Crippen molar-refractivity contribution in [3.63, 3.8) is 0 Å². The number of nitrogens with one attached hydrogen (secondary N) is 1. The second-order valence-corrected chi connectivity index (χ2v) is 2.73. The Labute approximate surface area is 66.5 Å². The van der Waals surface area contributed by atoms with Crippen molar-refractivity contribution in [2.75, 3.05) is 0 Å². The molecule has 0 bridgehead atoms. The number of aromatic nitrogens is 2. The second kappa shape index (κ2) is 3.53. The number of hydrogen-bond donors (Lipinski definition) is 2. The maximum Gasteiger partial charge on any atom is 0.103 e. The van der Waals surface area contributed by atoms with E-state index in [0.29, 0.717) is 0 Å². The van der Waals surface area contributed by atoms with Gasteiger partial charge in [0.25, 0.3) is 0 Å². The lowest BCUT2D eigenvalue weighted by Gasteiger charge is -2.04. The van der Waals surface area contributed by atoms with Gasteiger partial charge in [-0.3, -0.25) is 0 Å². The first-order valence-electron chi connectivity index (χ1n) is 3.93. The van der Waals surface area contributed by atoms with Crippen LogP contribution in [0.4, 0.5) is 0 Å². The van der Waals surface area contributed by atoms with Crippen LogP contribution >= 0.6 is 0 Å². The Kier molecular flexibility index (Phi) is 2.65. The molecule has 3 nitrogen and oxygen atoms in total. The maximum atomic E-state index is 9.46. The standard InChI is InChI=1S/C8H14N2O/c1-3-4-8(11)7-5-9-6(2)10-7/h5,8,11H,3-4H2,1-2H3,(H,9,10). The van der Waals surface area contributed by atoms with Crippen molar-refractivity contribution in [3.05, 3.63) is 17.7 Å². The molecule has 0 aliphatic heterocycles. The van der Waals surface area contributed by atoms with E-state index in [0.717, 1.165) is 24.4 Å². The van der Waals surface area contributed by atoms with E-state index in [2.05, 4.69) is 9.97 Å². The van der Waals surface area contributed by atoms with Gasteiger partial charge >= 0.3 is 0 Å². The topological polar surface area (TPSA) is 48.9 Å². The van der Waals surface area contributed by atoms with Crippen molar-refractivity contribution in [1.29, 1.82) is 0 Å². The molecule has 1 unspecified atom stereocenters. The molecule has 1 aromatic rings. The number of aliphatic hydroxyl groups is 1. The zero-order chi connectivity index (χ0) is 8.27. The third-order valence-electron chi connectivity index (χ3n) is 1.64. The molecule has 11 heavy (non-hydrogen) atoms. The van der Waals surface area contributed by atoms with Gasteiger partial charge in [-0.15, -0.1) is 0 Å². The third-order valence-corrected chi connectivity index (χ3v) is 1.64. The highest BCUT2D eigenvalue weighted by Crippen LogP contribution is 2.14. The second-order valence-electron chi connectivity index (χ2n) is 2.73. The maximum absolute atomic E-state index is 9.46. The molecule has 0 amide bonds. The summed E-state index contributed by atoms with van der Waals surface area (Å²) < 4.78 is 0. The average molecular weight is 154 g/mol. The van der Waals surface area contributed by atoms with Crippen LogP contribution in [0.2, 0.25) is 0 Å². The first-order valence-corrected chi connectivity index (χ1v) is 3.93. The zero-order valence-corrected chi connectivity index (χ0v) is 6.96. The first kappa shape index (κ1) is 8.27. The number of H-pyrrole nitrogens is 1. The Morgan fingerprint density at radius 2 is 2.45 bits per heavy atom. The Hall–Kier alpha value is -0.830. The smallest absolute Gasteiger partial charge is 0.103 e. The highest BCUT2D eigenvalue weighted by molar-refractivity contribution is 5.03. The fourth-order valence-electron chi connectivity index (χ4n) is 1.04. The van der Waals surface area contributed by atoms with Gasteiger partial charge in [-0.05, 0) is 13.3 Å². The fourth-order valence-corrected chi connectivity index (χ4v) is 1.04. The van der Waals surface area contributed by atoms with Crippen molar-refractivity contribution in [3.8, 4) is 0 Å². The summed E-state index contributed by atoms with van der Waals surface area (Å²) in [5.41, 5.74) is 0.823. The van der Waals surface area contributed by atoms with E-state index in [1.54, 1.807) is 6.20 Å². The zero-order valence-electron chi connectivity index (χ0n) is 6.96. The number of aliphatic hydroxyl groups excluding tert-OH is 1. The fraction of sp³-hybridized carbons (Fsp3) is 0.625. The lowest BCUT2D eigenvalue weighted by atomic mass is 10.2. The van der Waals surface area contributed by atoms with Crippen LogP contribution < -0.4 is 0 Å². The minimum atomic E-state index is -0.374. The first-order chi connectivity index (χ1) is 5.24. The van der Waals surface area contributed by atoms with E-state index >= 15 is 0 Å². The molecule has 1 rings (SSSR count). The lowest BCUT2D eigenvalue weighted by Crippen LogP contribution is -1.96. The molecule has 0 saturated heterocycles. The van der Waals surface area contributed by atoms with Crippen molar-refractivity contribution in [2.45, 2.75) is 32.8 Å². The quantitative estimate of drug-likeness (QED) is 0.694. The molecule has 0 fully saturated rings. The van der Waals surface area contributed by atoms with E-state index in [1.807, 2.05) is 13.8 Å². The van der Waals surface area contributed by atoms with Gasteiger partial charge in [0.1, 0.15) is 5.82 Å². The molecule has 0 saturated carbocycles. The number of hydrogen-bond acceptors (Lipinski definition) is 2. The predicted octanol–water partition coefficient (Wildman–Crippen LogP) is 1.55. The van der Waals surface area contributed by atoms with Crippen LogP contribution in [0.5, 0.6) is 0 Å². The summed E-state index contributed by atoms with van der Waals surface area (Å²) >= 11 is 0. The van der Waals surface area contributed by atoms with E-state index in [1.165, 1.54) is 0 Å². The summed E-state index contributed by atoms with van der Waals surface area (Å²) in [6.07, 6.45) is 3.09. The van der Waals surface area contributed by atoms with E-state index < -0.39 is 0 Å². The van der Waals surface area contributed by atoms with Crippen LogP contribution in [-0.4, -0.2) is 15.1 Å². The molecule has 0 aliphatic rings. The van der Waals surface area contributed by atoms with Crippen LogP contribution in [0.15, 0.2) is 6.20 Å². The minimum Gasteiger partial charge on any atom is -0.387 e. The van der Waals surface area contributed by atoms with Gasteiger partial charge in [0.2, 0.25) is 0 Å². The van der Waals surface area contributed by atoms with E-state index in [-0.39, 0.29) is 6.10 Å². The largest absolute Gasteiger partial charge is 0.387 e. The Morgan fingerprint density at radius 1 is 1.73 bits per heavy atom. The summed E-state index contributed by atoms with van der Waals surface area (Å²) in [5.74, 6) is 0.857. The van der Waals surface area contributed by atoms with Crippen molar-refractivity contribution < 1.29 is 5.11 Å². The molecule has 3 heteroatoms. The molecule has 62 valence electrons. The van der Waals surface area contributed by atoms with Crippen LogP contribution in [0.25, 0.3) is 0 Å². The van der Waals surface area contributed by atoms with E-state index in [9.17, 15) is 5.11 Å². The molecule has 1 heterocycles. The average Bonchev–Trinajstić information content (AvgIpc) is 2.36. The molecule has 0 aromatic carbocycles. The molecule has 2 N–H and O–H groups in total. The van der Waals surface area contributed by atoms with Gasteiger partial charge in [0, 0.05) is 0 Å². The summed E-state index contributed by atoms with van der Waals surface area (Å²) in [5, 5.41) is 9.46. The van der Waals surface area contributed by atoms with E-state index in [4.69, 9.17) is 0 Å². The molecular weight excluding hydrogens is 140 g/mol. The Morgan fingerprint density at radius 3 is 2.91 bits per heavy atom. The van der Waals surface area contributed by atoms with Gasteiger partial charge in [-0.2, -0.15) is 0 Å². The van der Waals surface area contributed by atoms with Crippen molar-refractivity contribution in [1.82, 2.24) is 9.97 Å². The molecule has 1 atom stereocenters. The van der Waals surface area contributed by atoms with Gasteiger partial charge in [-0.25, -0.2) is 4.98 Å². The SMILES string of the molecule is CCCC(O)c1cnc(C)[nH]1. The van der Waals surface area contributed by atoms with Crippen LogP contribution in [0.1, 0.15) is 37.4 Å². The number of imidazole rings is 1. The molecular formula is C8H14N2O. The predicted molar refractivity (Wildman–Crippen MR) is 43.2 cm³/mol. The summed E-state index contributed by atoms with van der Waals surface area (Å²) in [6, 6.07) is 0. The highest BCUT2D eigenvalue weighted by Gasteiger charge is 2.07. The van der Waals surface area contributed by atoms with Crippen LogP contribution in [0, 0.1) is 6.92 Å². The van der Waals surface area contributed by atoms with Gasteiger partial charge in [0.05, 0.1) is 18.0 Å². The number of aromatic amines is 1. The Bertz CT molecular complexity index is 220. The van der Waals surface area contributed by atoms with Gasteiger partial charge in [-0.1, -0.05) is 13.3 Å². The lowest BCUT2D eigenvalue weighted by molar-refractivity contribution is 0.162. The van der Waals surface area contributed by atoms with Gasteiger partial charge in [0.15, 0.2) is 0 Å². The summed E-state index contributed by atoms with van der Waals surface area (Å²) in [7, 11) is 0. The molecule has 0 aliphatic carbocycles. The van der Waals surface area contributed by atoms with Crippen molar-refractivity contribution in [2.24, 2.45) is 0 Å². The summed E-state index contributed by atoms with van der Waals surface area (Å²) in [6.45, 7) is 3.93. The van der Waals surface area contributed by atoms with Crippen LogP contribution in [-0.2, 0) is 0 Å². The number of nitrogens with zero attached hydrogens (tertiary/aromatic N) is 1. The monoisotopic (exact) mass is 154 g/mol. The molecule has 0 radical (unpaired) electrons. The third kappa shape index (κ3) is 2.05. The normalized spacial score (nSPS) is 13.4. The minimum absolute atomic E-state index is 0.374. The number of aryl methyl sites for hydroxylation is 1. The van der Waals surface area contributed by atoms with Crippen molar-refractivity contribution >= 4 is 0 Å². The summed E-state index contributed by atoms with van der Waals surface area (Å²) in [4.78, 5) is 7.00. The molecule has 1 aromatic heterocycles. The Balaban J connectivity index is 2.60. The van der Waals surface area contributed by atoms with Crippen LogP contribution in [0.3, 0.4) is 0 Å². The highest BCUT2D eigenvalue weighted by atomic mass is 16.3.